The fourth-order valence-electron chi connectivity index (χ4n) is 3.47. The van der Waals surface area contributed by atoms with Gasteiger partial charge in [-0.3, -0.25) is 9.69 Å². The van der Waals surface area contributed by atoms with Crippen LogP contribution in [0, 0.1) is 17.7 Å². The molecular weight excluding hydrogens is 429 g/mol. The SMILES string of the molecule is CN1CCN(CC#Cc2cccc(C(=O)c3cnn(-c4ccc(F)cc4)c3N)c2)CC1.Cl. The van der Waals surface area contributed by atoms with Gasteiger partial charge >= 0.3 is 0 Å². The number of nitrogens with zero attached hydrogens (tertiary/aromatic N) is 4. The number of ketones is 1. The summed E-state index contributed by atoms with van der Waals surface area (Å²) in [6, 6.07) is 13.0. The third kappa shape index (κ3) is 5.35. The van der Waals surface area contributed by atoms with Crippen molar-refractivity contribution in [3.05, 3.63) is 77.2 Å². The summed E-state index contributed by atoms with van der Waals surface area (Å²) in [5.74, 6) is 6.00. The summed E-state index contributed by atoms with van der Waals surface area (Å²) in [7, 11) is 2.13. The summed E-state index contributed by atoms with van der Waals surface area (Å²) in [4.78, 5) is 17.7. The van der Waals surface area contributed by atoms with Gasteiger partial charge in [-0.2, -0.15) is 5.10 Å². The summed E-state index contributed by atoms with van der Waals surface area (Å²) in [6.45, 7) is 4.85. The number of nitrogens with two attached hydrogens (primary N) is 1. The molecule has 166 valence electrons. The van der Waals surface area contributed by atoms with Gasteiger partial charge in [0.2, 0.25) is 0 Å². The van der Waals surface area contributed by atoms with Crippen LogP contribution in [-0.4, -0.2) is 65.1 Å². The van der Waals surface area contributed by atoms with Gasteiger partial charge in [0, 0.05) is 37.3 Å². The fourth-order valence-corrected chi connectivity index (χ4v) is 3.47. The van der Waals surface area contributed by atoms with Gasteiger partial charge in [-0.05, 0) is 43.4 Å². The molecule has 6 nitrogen and oxygen atoms in total. The van der Waals surface area contributed by atoms with E-state index in [1.807, 2.05) is 12.1 Å². The Bertz CT molecular complexity index is 1140. The minimum Gasteiger partial charge on any atom is -0.383 e. The number of rotatable bonds is 4. The van der Waals surface area contributed by atoms with Crippen molar-refractivity contribution in [3.63, 3.8) is 0 Å². The van der Waals surface area contributed by atoms with Gasteiger partial charge in [0.25, 0.3) is 0 Å². The minimum absolute atomic E-state index is 0. The van der Waals surface area contributed by atoms with Crippen molar-refractivity contribution >= 4 is 24.0 Å². The standard InChI is InChI=1S/C24H24FN5O.ClH/c1-28-12-14-29(15-13-28)11-3-5-18-4-2-6-19(16-18)23(31)22-17-27-30(24(22)26)21-9-7-20(25)8-10-21;/h2,4,6-10,16-17H,11-15,26H2,1H3;1H. The number of hydrogen-bond acceptors (Lipinski definition) is 5. The van der Waals surface area contributed by atoms with Crippen LogP contribution in [0.1, 0.15) is 21.5 Å². The molecule has 4 rings (SSSR count). The molecule has 2 heterocycles. The predicted octanol–water partition coefficient (Wildman–Crippen LogP) is 2.85. The van der Waals surface area contributed by atoms with Crippen molar-refractivity contribution in [2.24, 2.45) is 0 Å². The minimum atomic E-state index is -0.351. The van der Waals surface area contributed by atoms with Crippen LogP contribution in [0.15, 0.2) is 54.7 Å². The third-order valence-corrected chi connectivity index (χ3v) is 5.38. The Balaban J connectivity index is 0.00000289. The molecule has 1 fully saturated rings. The monoisotopic (exact) mass is 453 g/mol. The Morgan fingerprint density at radius 1 is 1.12 bits per heavy atom. The molecule has 0 amide bonds. The van der Waals surface area contributed by atoms with E-state index < -0.39 is 0 Å². The zero-order valence-electron chi connectivity index (χ0n) is 17.8. The third-order valence-electron chi connectivity index (χ3n) is 5.38. The maximum absolute atomic E-state index is 13.2. The first-order valence-corrected chi connectivity index (χ1v) is 10.2. The van der Waals surface area contributed by atoms with Gasteiger partial charge in [0.05, 0.1) is 24.0 Å². The number of piperazine rings is 1. The van der Waals surface area contributed by atoms with Crippen LogP contribution in [0.2, 0.25) is 0 Å². The summed E-state index contributed by atoms with van der Waals surface area (Å²) in [6.07, 6.45) is 1.44. The number of carbonyl (C=O) groups is 1. The maximum atomic E-state index is 13.2. The van der Waals surface area contributed by atoms with Crippen LogP contribution >= 0.6 is 12.4 Å². The fraction of sp³-hybridized carbons (Fsp3) is 0.250. The molecule has 1 aliphatic heterocycles. The lowest BCUT2D eigenvalue weighted by Gasteiger charge is -2.30. The Labute approximate surface area is 193 Å². The summed E-state index contributed by atoms with van der Waals surface area (Å²) < 4.78 is 14.6. The molecule has 2 aromatic carbocycles. The quantitative estimate of drug-likeness (QED) is 0.486. The van der Waals surface area contributed by atoms with E-state index in [-0.39, 0.29) is 29.8 Å². The van der Waals surface area contributed by atoms with Crippen molar-refractivity contribution in [2.75, 3.05) is 45.5 Å². The molecule has 1 aromatic heterocycles. The Hall–Kier alpha value is -3.18. The highest BCUT2D eigenvalue weighted by molar-refractivity contribution is 6.11. The highest BCUT2D eigenvalue weighted by Gasteiger charge is 2.18. The van der Waals surface area contributed by atoms with Crippen LogP contribution in [0.3, 0.4) is 0 Å². The first kappa shape index (κ1) is 23.5. The van der Waals surface area contributed by atoms with Crippen LogP contribution in [0.5, 0.6) is 0 Å². The van der Waals surface area contributed by atoms with Crippen LogP contribution in [-0.2, 0) is 0 Å². The lowest BCUT2D eigenvalue weighted by atomic mass is 10.0. The number of nitrogen functional groups attached to an aromatic ring is 1. The van der Waals surface area contributed by atoms with Crippen molar-refractivity contribution in [1.82, 2.24) is 19.6 Å². The number of hydrogen-bond donors (Lipinski definition) is 1. The van der Waals surface area contributed by atoms with E-state index in [1.54, 1.807) is 24.3 Å². The molecule has 0 unspecified atom stereocenters. The second kappa shape index (κ2) is 10.4. The highest BCUT2D eigenvalue weighted by atomic mass is 35.5. The molecule has 2 N–H and O–H groups in total. The lowest BCUT2D eigenvalue weighted by molar-refractivity contribution is 0.103. The van der Waals surface area contributed by atoms with Gasteiger partial charge in [-0.25, -0.2) is 9.07 Å². The van der Waals surface area contributed by atoms with E-state index in [1.165, 1.54) is 23.0 Å². The second-order valence-corrected chi connectivity index (χ2v) is 7.62. The van der Waals surface area contributed by atoms with Crippen LogP contribution < -0.4 is 5.73 Å². The van der Waals surface area contributed by atoms with Crippen molar-refractivity contribution in [2.45, 2.75) is 0 Å². The van der Waals surface area contributed by atoms with Gasteiger partial charge in [0.15, 0.2) is 5.78 Å². The first-order chi connectivity index (χ1) is 15.0. The molecule has 8 heteroatoms. The molecule has 3 aromatic rings. The number of halogens is 2. The van der Waals surface area contributed by atoms with Crippen molar-refractivity contribution in [1.29, 1.82) is 0 Å². The molecular formula is C24H25ClFN5O. The summed E-state index contributed by atoms with van der Waals surface area (Å²) in [5.41, 5.74) is 8.33. The number of aromatic nitrogens is 2. The molecule has 0 atom stereocenters. The number of benzene rings is 2. The highest BCUT2D eigenvalue weighted by Crippen LogP contribution is 2.21. The molecule has 0 aliphatic carbocycles. The largest absolute Gasteiger partial charge is 0.383 e. The van der Waals surface area contributed by atoms with E-state index >= 15 is 0 Å². The molecule has 0 saturated carbocycles. The van der Waals surface area contributed by atoms with Crippen LogP contribution in [0.4, 0.5) is 10.2 Å². The Morgan fingerprint density at radius 2 is 1.84 bits per heavy atom. The zero-order chi connectivity index (χ0) is 21.8. The van der Waals surface area contributed by atoms with E-state index in [2.05, 4.69) is 33.8 Å². The molecule has 0 bridgehead atoms. The topological polar surface area (TPSA) is 67.4 Å². The smallest absolute Gasteiger partial charge is 0.198 e. The predicted molar refractivity (Wildman–Crippen MR) is 126 cm³/mol. The number of anilines is 1. The van der Waals surface area contributed by atoms with E-state index in [9.17, 15) is 9.18 Å². The van der Waals surface area contributed by atoms with Crippen LogP contribution in [0.25, 0.3) is 5.69 Å². The number of carbonyl (C=O) groups excluding carboxylic acids is 1. The van der Waals surface area contributed by atoms with Gasteiger partial charge in [0.1, 0.15) is 11.6 Å². The summed E-state index contributed by atoms with van der Waals surface area (Å²) >= 11 is 0. The summed E-state index contributed by atoms with van der Waals surface area (Å²) in [5, 5.41) is 4.20. The van der Waals surface area contributed by atoms with Gasteiger partial charge in [-0.1, -0.05) is 24.0 Å². The maximum Gasteiger partial charge on any atom is 0.198 e. The van der Waals surface area contributed by atoms with Gasteiger partial charge in [-0.15, -0.1) is 12.4 Å². The van der Waals surface area contributed by atoms with E-state index in [0.29, 0.717) is 23.4 Å². The van der Waals surface area contributed by atoms with Crippen molar-refractivity contribution in [3.8, 4) is 17.5 Å². The molecule has 32 heavy (non-hydrogen) atoms. The second-order valence-electron chi connectivity index (χ2n) is 7.62. The molecule has 1 aliphatic rings. The molecule has 0 spiro atoms. The average molecular weight is 454 g/mol. The Kier molecular flexibility index (Phi) is 7.65. The van der Waals surface area contributed by atoms with E-state index in [0.717, 1.165) is 31.7 Å². The Morgan fingerprint density at radius 3 is 2.56 bits per heavy atom. The van der Waals surface area contributed by atoms with Crippen molar-refractivity contribution < 1.29 is 9.18 Å². The zero-order valence-corrected chi connectivity index (χ0v) is 18.6. The molecule has 0 radical (unpaired) electrons. The lowest BCUT2D eigenvalue weighted by Crippen LogP contribution is -2.44. The first-order valence-electron chi connectivity index (χ1n) is 10.2. The normalized spacial score (nSPS) is 14.3. The molecule has 1 saturated heterocycles. The average Bonchev–Trinajstić information content (AvgIpc) is 3.16. The number of likely N-dealkylation sites (N-methyl/N-ethyl adjacent to an activating group) is 1. The van der Waals surface area contributed by atoms with Gasteiger partial charge < -0.3 is 10.6 Å². The van der Waals surface area contributed by atoms with E-state index in [4.69, 9.17) is 5.73 Å².